The lowest BCUT2D eigenvalue weighted by molar-refractivity contribution is -0.120. The average Bonchev–Trinajstić information content (AvgIpc) is 3.34. The molecule has 0 aliphatic carbocycles. The lowest BCUT2D eigenvalue weighted by Crippen LogP contribution is -2.34. The second-order valence-corrected chi connectivity index (χ2v) is 7.27. The maximum Gasteiger partial charge on any atom is 0.282 e. The summed E-state index contributed by atoms with van der Waals surface area (Å²) in [5.74, 6) is 0.409. The Hall–Kier alpha value is -3.28. The minimum atomic E-state index is -0.312. The topological polar surface area (TPSA) is 59.1 Å². The van der Waals surface area contributed by atoms with E-state index in [1.807, 2.05) is 36.1 Å². The zero-order valence-electron chi connectivity index (χ0n) is 16.9. The molecule has 2 aromatic rings. The fourth-order valence-corrected chi connectivity index (χ4v) is 3.93. The summed E-state index contributed by atoms with van der Waals surface area (Å²) in [5, 5.41) is 0. The first-order valence-corrected chi connectivity index (χ1v) is 9.72. The number of hydrogen-bond donors (Lipinski definition) is 0. The molecule has 2 aromatic carbocycles. The highest BCUT2D eigenvalue weighted by atomic mass is 16.5. The molecule has 0 N–H and O–H groups in total. The van der Waals surface area contributed by atoms with E-state index in [0.29, 0.717) is 28.5 Å². The molecule has 2 aliphatic heterocycles. The molecule has 0 spiro atoms. The molecular formula is C23H24N2O4. The van der Waals surface area contributed by atoms with Crippen molar-refractivity contribution in [2.45, 2.75) is 19.8 Å². The maximum absolute atomic E-state index is 13.5. The van der Waals surface area contributed by atoms with E-state index < -0.39 is 0 Å². The summed E-state index contributed by atoms with van der Waals surface area (Å²) >= 11 is 0. The molecule has 0 atom stereocenters. The lowest BCUT2D eigenvalue weighted by Gasteiger charge is -2.20. The summed E-state index contributed by atoms with van der Waals surface area (Å²) < 4.78 is 10.6. The largest absolute Gasteiger partial charge is 0.493 e. The van der Waals surface area contributed by atoms with Gasteiger partial charge in [0.05, 0.1) is 25.5 Å². The number of aryl methyl sites for hydroxylation is 1. The minimum absolute atomic E-state index is 0.292. The first-order valence-electron chi connectivity index (χ1n) is 9.72. The molecule has 0 bridgehead atoms. The number of carbonyl (C=O) groups is 2. The van der Waals surface area contributed by atoms with Gasteiger partial charge in [-0.1, -0.05) is 29.8 Å². The fourth-order valence-electron chi connectivity index (χ4n) is 3.93. The Morgan fingerprint density at radius 1 is 0.828 bits per heavy atom. The third-order valence-corrected chi connectivity index (χ3v) is 5.45. The average molecular weight is 392 g/mol. The number of imide groups is 1. The van der Waals surface area contributed by atoms with Crippen LogP contribution in [0.1, 0.15) is 24.0 Å². The molecule has 1 saturated heterocycles. The highest BCUT2D eigenvalue weighted by Crippen LogP contribution is 2.39. The predicted molar refractivity (Wildman–Crippen MR) is 111 cm³/mol. The van der Waals surface area contributed by atoms with Crippen molar-refractivity contribution in [1.82, 2.24) is 4.90 Å². The molecule has 2 heterocycles. The highest BCUT2D eigenvalue weighted by molar-refractivity contribution is 6.45. The Morgan fingerprint density at radius 2 is 1.48 bits per heavy atom. The number of benzene rings is 2. The number of ether oxygens (including phenoxy) is 2. The second-order valence-electron chi connectivity index (χ2n) is 7.27. The van der Waals surface area contributed by atoms with Gasteiger partial charge in [0.2, 0.25) is 0 Å². The van der Waals surface area contributed by atoms with Gasteiger partial charge in [-0.15, -0.1) is 0 Å². The first kappa shape index (κ1) is 19.1. The monoisotopic (exact) mass is 392 g/mol. The Balaban J connectivity index is 1.81. The van der Waals surface area contributed by atoms with E-state index in [1.54, 1.807) is 25.3 Å². The standard InChI is InChI=1S/C23H24N2O4/c1-15-6-8-16(9-7-15)20-21(24-12-4-5-13-24)23(27)25(22(20)26)17-10-11-18(28-2)19(14-17)29-3/h6-11,14H,4-5,12-13H2,1-3H3. The third kappa shape index (κ3) is 3.24. The van der Waals surface area contributed by atoms with Gasteiger partial charge in [-0.3, -0.25) is 9.59 Å². The van der Waals surface area contributed by atoms with Crippen LogP contribution in [0, 0.1) is 6.92 Å². The molecule has 6 nitrogen and oxygen atoms in total. The van der Waals surface area contributed by atoms with Gasteiger partial charge in [-0.2, -0.15) is 0 Å². The SMILES string of the molecule is COc1ccc(N2C(=O)C(c3ccc(C)cc3)=C(N3CCCC3)C2=O)cc1OC. The molecule has 29 heavy (non-hydrogen) atoms. The normalized spacial score (nSPS) is 16.8. The third-order valence-electron chi connectivity index (χ3n) is 5.45. The van der Waals surface area contributed by atoms with Crippen LogP contribution in [-0.2, 0) is 9.59 Å². The van der Waals surface area contributed by atoms with Crippen molar-refractivity contribution >= 4 is 23.1 Å². The van der Waals surface area contributed by atoms with Gasteiger partial charge in [0.15, 0.2) is 11.5 Å². The summed E-state index contributed by atoms with van der Waals surface area (Å²) in [4.78, 5) is 30.2. The molecule has 6 heteroatoms. The number of likely N-dealkylation sites (tertiary alicyclic amines) is 1. The van der Waals surface area contributed by atoms with Crippen molar-refractivity contribution in [3.05, 3.63) is 59.3 Å². The van der Waals surface area contributed by atoms with E-state index in [4.69, 9.17) is 9.47 Å². The quantitative estimate of drug-likeness (QED) is 0.730. The molecule has 1 fully saturated rings. The zero-order chi connectivity index (χ0) is 20.5. The van der Waals surface area contributed by atoms with Crippen LogP contribution in [0.15, 0.2) is 48.2 Å². The van der Waals surface area contributed by atoms with E-state index in [9.17, 15) is 9.59 Å². The summed E-state index contributed by atoms with van der Waals surface area (Å²) in [6, 6.07) is 12.8. The smallest absolute Gasteiger partial charge is 0.282 e. The lowest BCUT2D eigenvalue weighted by atomic mass is 10.0. The Kier molecular flexibility index (Phi) is 5.01. The van der Waals surface area contributed by atoms with E-state index in [1.165, 1.54) is 12.0 Å². The minimum Gasteiger partial charge on any atom is -0.493 e. The van der Waals surface area contributed by atoms with E-state index >= 15 is 0 Å². The van der Waals surface area contributed by atoms with Gasteiger partial charge in [0, 0.05) is 19.2 Å². The molecule has 0 radical (unpaired) electrons. The Morgan fingerprint density at radius 3 is 2.10 bits per heavy atom. The van der Waals surface area contributed by atoms with Crippen molar-refractivity contribution in [1.29, 1.82) is 0 Å². The Labute approximate surface area is 170 Å². The van der Waals surface area contributed by atoms with Gasteiger partial charge < -0.3 is 14.4 Å². The first-order chi connectivity index (χ1) is 14.0. The van der Waals surface area contributed by atoms with E-state index in [2.05, 4.69) is 0 Å². The number of carbonyl (C=O) groups excluding carboxylic acids is 2. The van der Waals surface area contributed by atoms with Crippen LogP contribution in [0.4, 0.5) is 5.69 Å². The number of hydrogen-bond acceptors (Lipinski definition) is 5. The van der Waals surface area contributed by atoms with E-state index in [0.717, 1.165) is 37.1 Å². The summed E-state index contributed by atoms with van der Waals surface area (Å²) in [6.07, 6.45) is 2.03. The van der Waals surface area contributed by atoms with Crippen molar-refractivity contribution in [3.63, 3.8) is 0 Å². The fraction of sp³-hybridized carbons (Fsp3) is 0.304. The molecule has 2 amide bonds. The molecule has 0 unspecified atom stereocenters. The number of amides is 2. The Bertz CT molecular complexity index is 988. The number of nitrogens with zero attached hydrogens (tertiary/aromatic N) is 2. The second kappa shape index (κ2) is 7.62. The molecule has 2 aliphatic rings. The van der Waals surface area contributed by atoms with Crippen molar-refractivity contribution in [3.8, 4) is 11.5 Å². The zero-order valence-corrected chi connectivity index (χ0v) is 16.9. The van der Waals surface area contributed by atoms with E-state index in [-0.39, 0.29) is 11.8 Å². The summed E-state index contributed by atoms with van der Waals surface area (Å²) in [7, 11) is 3.08. The van der Waals surface area contributed by atoms with Crippen LogP contribution >= 0.6 is 0 Å². The highest BCUT2D eigenvalue weighted by Gasteiger charge is 2.43. The van der Waals surface area contributed by atoms with Crippen LogP contribution in [0.2, 0.25) is 0 Å². The summed E-state index contributed by atoms with van der Waals surface area (Å²) in [6.45, 7) is 3.56. The van der Waals surface area contributed by atoms with Crippen molar-refractivity contribution < 1.29 is 19.1 Å². The summed E-state index contributed by atoms with van der Waals surface area (Å²) in [5.41, 5.74) is 3.29. The molecule has 0 aromatic heterocycles. The van der Waals surface area contributed by atoms with Crippen LogP contribution in [0.5, 0.6) is 11.5 Å². The number of anilines is 1. The molecule has 150 valence electrons. The maximum atomic E-state index is 13.5. The van der Waals surface area contributed by atoms with Gasteiger partial charge in [-0.05, 0) is 37.5 Å². The van der Waals surface area contributed by atoms with Gasteiger partial charge in [0.1, 0.15) is 5.70 Å². The van der Waals surface area contributed by atoms with Crippen LogP contribution in [0.3, 0.4) is 0 Å². The molecular weight excluding hydrogens is 368 g/mol. The van der Waals surface area contributed by atoms with Crippen molar-refractivity contribution in [2.75, 3.05) is 32.2 Å². The predicted octanol–water partition coefficient (Wildman–Crippen LogP) is 3.39. The van der Waals surface area contributed by atoms with Gasteiger partial charge >= 0.3 is 0 Å². The van der Waals surface area contributed by atoms with Crippen LogP contribution in [-0.4, -0.2) is 44.0 Å². The molecule has 0 saturated carbocycles. The number of methoxy groups -OCH3 is 2. The van der Waals surface area contributed by atoms with Gasteiger partial charge in [-0.25, -0.2) is 4.90 Å². The number of rotatable bonds is 5. The van der Waals surface area contributed by atoms with Crippen LogP contribution in [0.25, 0.3) is 5.57 Å². The molecule has 4 rings (SSSR count). The van der Waals surface area contributed by atoms with Crippen molar-refractivity contribution in [2.24, 2.45) is 0 Å². The van der Waals surface area contributed by atoms with Gasteiger partial charge in [0.25, 0.3) is 11.8 Å². The van der Waals surface area contributed by atoms with Crippen LogP contribution < -0.4 is 14.4 Å².